The van der Waals surface area contributed by atoms with E-state index in [-0.39, 0.29) is 35.3 Å². The van der Waals surface area contributed by atoms with Crippen molar-refractivity contribution in [3.8, 4) is 0 Å². The van der Waals surface area contributed by atoms with Crippen molar-refractivity contribution in [2.24, 2.45) is 0 Å². The third kappa shape index (κ3) is 5.22. The van der Waals surface area contributed by atoms with Crippen LogP contribution in [0, 0.1) is 0 Å². The van der Waals surface area contributed by atoms with Crippen LogP contribution in [0.5, 0.6) is 0 Å². The Morgan fingerprint density at radius 2 is 2.12 bits per heavy atom. The van der Waals surface area contributed by atoms with E-state index in [9.17, 15) is 17.8 Å². The number of carbonyl (C=O) groups is 1. The van der Waals surface area contributed by atoms with Crippen molar-refractivity contribution in [3.05, 3.63) is 17.9 Å². The molecule has 1 heterocycles. The number of carbonyl (C=O) groups excluding carboxylic acids is 1. The first kappa shape index (κ1) is 16.7. The van der Waals surface area contributed by atoms with Gasteiger partial charge in [0.2, 0.25) is 5.09 Å². The molecule has 1 rings (SSSR count). The molecule has 0 aromatic carbocycles. The van der Waals surface area contributed by atoms with E-state index in [0.29, 0.717) is 6.54 Å². The molecule has 6 nitrogen and oxygen atoms in total. The van der Waals surface area contributed by atoms with E-state index >= 15 is 0 Å². The number of furan rings is 1. The number of rotatable bonds is 5. The van der Waals surface area contributed by atoms with Gasteiger partial charge in [0.05, 0.1) is 0 Å². The maximum absolute atomic E-state index is 11.4. The molecule has 0 aliphatic heterocycles. The molecular weight excluding hydrogens is 257 g/mol. The molecule has 0 unspecified atom stereocenters. The van der Waals surface area contributed by atoms with Crippen LogP contribution in [-0.4, -0.2) is 25.4 Å². The van der Waals surface area contributed by atoms with Gasteiger partial charge in [0.15, 0.2) is 15.9 Å². The van der Waals surface area contributed by atoms with Crippen LogP contribution in [0.3, 0.4) is 0 Å². The van der Waals surface area contributed by atoms with Crippen molar-refractivity contribution in [1.29, 1.82) is 0 Å². The van der Waals surface area contributed by atoms with Crippen LogP contribution in [0.1, 0.15) is 30.3 Å². The number of hydrogen-bond acceptors (Lipinski definition) is 5. The Kier molecular flexibility index (Phi) is 7.03. The Bertz CT molecular complexity index is 467. The molecule has 90 valence electrons. The normalized spacial score (nSPS) is 10.7. The summed E-state index contributed by atoms with van der Waals surface area (Å²) in [5, 5.41) is 1.79. The summed E-state index contributed by atoms with van der Waals surface area (Å²) < 4.78 is 36.3. The molecule has 0 fully saturated rings. The fourth-order valence-electron chi connectivity index (χ4n) is 1.04. The Hall–Kier alpha value is -0.340. The molecular formula is C9H12NNaO5S. The molecule has 0 aliphatic carbocycles. The number of unbranched alkanes of at least 4 members (excludes halogenated alkanes) is 1. The van der Waals surface area contributed by atoms with Gasteiger partial charge in [-0.25, -0.2) is 8.42 Å². The molecule has 1 aromatic rings. The number of amides is 1. The molecule has 0 radical (unpaired) electrons. The minimum absolute atomic E-state index is 0. The largest absolute Gasteiger partial charge is 1.00 e. The topological polar surface area (TPSA) is 99.4 Å². The van der Waals surface area contributed by atoms with Crippen LogP contribution in [0.2, 0.25) is 0 Å². The van der Waals surface area contributed by atoms with E-state index in [2.05, 4.69) is 9.73 Å². The van der Waals surface area contributed by atoms with Crippen molar-refractivity contribution in [1.82, 2.24) is 5.32 Å². The van der Waals surface area contributed by atoms with E-state index in [0.717, 1.165) is 25.0 Å². The van der Waals surface area contributed by atoms with E-state index in [1.54, 1.807) is 0 Å². The molecule has 17 heavy (non-hydrogen) atoms. The molecule has 1 N–H and O–H groups in total. The minimum Gasteiger partial charge on any atom is -0.742 e. The summed E-state index contributed by atoms with van der Waals surface area (Å²) in [7, 11) is -4.64. The maximum Gasteiger partial charge on any atom is 1.00 e. The summed E-state index contributed by atoms with van der Waals surface area (Å²) in [4.78, 5) is 11.4. The molecule has 0 atom stereocenters. The third-order valence-corrected chi connectivity index (χ3v) is 2.58. The van der Waals surface area contributed by atoms with Crippen molar-refractivity contribution in [2.75, 3.05) is 6.54 Å². The Morgan fingerprint density at radius 3 is 2.59 bits per heavy atom. The molecule has 0 bridgehead atoms. The van der Waals surface area contributed by atoms with Crippen LogP contribution >= 0.6 is 0 Å². The van der Waals surface area contributed by atoms with Gasteiger partial charge in [0.1, 0.15) is 0 Å². The molecule has 8 heteroatoms. The second-order valence-electron chi connectivity index (χ2n) is 3.18. The van der Waals surface area contributed by atoms with E-state index in [1.165, 1.54) is 0 Å². The van der Waals surface area contributed by atoms with E-state index in [1.807, 2.05) is 6.92 Å². The summed E-state index contributed by atoms with van der Waals surface area (Å²) >= 11 is 0. The van der Waals surface area contributed by atoms with Gasteiger partial charge in [0.25, 0.3) is 5.91 Å². The first-order chi connectivity index (χ1) is 7.45. The van der Waals surface area contributed by atoms with Gasteiger partial charge in [-0.3, -0.25) is 4.79 Å². The van der Waals surface area contributed by atoms with Gasteiger partial charge < -0.3 is 14.3 Å². The number of hydrogen-bond donors (Lipinski definition) is 1. The molecule has 0 saturated carbocycles. The maximum atomic E-state index is 11.4. The second kappa shape index (κ2) is 7.17. The summed E-state index contributed by atoms with van der Waals surface area (Å²) in [6.07, 6.45) is 1.75. The Balaban J connectivity index is 0.00000256. The molecule has 0 spiro atoms. The zero-order valence-electron chi connectivity index (χ0n) is 9.73. The summed E-state index contributed by atoms with van der Waals surface area (Å²) in [5.41, 5.74) is 0. The van der Waals surface area contributed by atoms with Gasteiger partial charge in [-0.1, -0.05) is 13.3 Å². The minimum atomic E-state index is -4.64. The molecule has 1 aromatic heterocycles. The van der Waals surface area contributed by atoms with Gasteiger partial charge in [-0.2, -0.15) is 0 Å². The zero-order valence-corrected chi connectivity index (χ0v) is 12.5. The van der Waals surface area contributed by atoms with Crippen molar-refractivity contribution in [3.63, 3.8) is 0 Å². The SMILES string of the molecule is CCCCNC(=O)c1ccc(S(=O)(=O)[O-])o1.[Na+]. The first-order valence-corrected chi connectivity index (χ1v) is 6.20. The van der Waals surface area contributed by atoms with Crippen LogP contribution < -0.4 is 34.9 Å². The molecule has 1 amide bonds. The molecule has 0 saturated heterocycles. The number of nitrogens with one attached hydrogen (secondary N) is 1. The average Bonchev–Trinajstić information content (AvgIpc) is 2.66. The van der Waals surface area contributed by atoms with Gasteiger partial charge in [-0.15, -0.1) is 0 Å². The predicted molar refractivity (Wildman–Crippen MR) is 53.9 cm³/mol. The van der Waals surface area contributed by atoms with Crippen LogP contribution in [0.4, 0.5) is 0 Å². The van der Waals surface area contributed by atoms with E-state index in [4.69, 9.17) is 0 Å². The summed E-state index contributed by atoms with van der Waals surface area (Å²) in [5.74, 6) is -0.700. The standard InChI is InChI=1S/C9H13NO5S.Na/c1-2-3-6-10-9(11)7-4-5-8(15-7)16(12,13)14;/h4-5H,2-3,6H2,1H3,(H,10,11)(H,12,13,14);/q;+1/p-1. The Morgan fingerprint density at radius 1 is 1.47 bits per heavy atom. The van der Waals surface area contributed by atoms with Crippen LogP contribution in [-0.2, 0) is 10.1 Å². The predicted octanol–water partition coefficient (Wildman–Crippen LogP) is -2.28. The fourth-order valence-corrected chi connectivity index (χ4v) is 1.47. The van der Waals surface area contributed by atoms with Crippen LogP contribution in [0.15, 0.2) is 21.6 Å². The first-order valence-electron chi connectivity index (χ1n) is 4.79. The van der Waals surface area contributed by atoms with Crippen molar-refractivity contribution < 1.29 is 51.7 Å². The van der Waals surface area contributed by atoms with Crippen LogP contribution in [0.25, 0.3) is 0 Å². The smallest absolute Gasteiger partial charge is 0.742 e. The average molecular weight is 269 g/mol. The monoisotopic (exact) mass is 269 g/mol. The van der Waals surface area contributed by atoms with Gasteiger partial charge >= 0.3 is 29.6 Å². The Labute approximate surface area is 122 Å². The molecule has 0 aliphatic rings. The summed E-state index contributed by atoms with van der Waals surface area (Å²) in [6, 6.07) is 2.13. The van der Waals surface area contributed by atoms with Gasteiger partial charge in [0, 0.05) is 6.54 Å². The third-order valence-electron chi connectivity index (χ3n) is 1.87. The zero-order chi connectivity index (χ0) is 12.2. The van der Waals surface area contributed by atoms with Crippen molar-refractivity contribution >= 4 is 16.0 Å². The fraction of sp³-hybridized carbons (Fsp3) is 0.444. The summed E-state index contributed by atoms with van der Waals surface area (Å²) in [6.45, 7) is 2.46. The van der Waals surface area contributed by atoms with E-state index < -0.39 is 21.1 Å². The second-order valence-corrected chi connectivity index (χ2v) is 4.49. The van der Waals surface area contributed by atoms with Crippen molar-refractivity contribution in [2.45, 2.75) is 24.9 Å². The quantitative estimate of drug-likeness (QED) is 0.369. The van der Waals surface area contributed by atoms with Gasteiger partial charge in [-0.05, 0) is 18.6 Å².